The van der Waals surface area contributed by atoms with Crippen molar-refractivity contribution in [3.63, 3.8) is 0 Å². The zero-order chi connectivity index (χ0) is 38.8. The fourth-order valence-corrected chi connectivity index (χ4v) is 7.73. The van der Waals surface area contributed by atoms with E-state index in [0.717, 1.165) is 42.6 Å². The number of nitrogens with zero attached hydrogens (tertiary/aromatic N) is 1. The highest BCUT2D eigenvalue weighted by Crippen LogP contribution is 2.45. The van der Waals surface area contributed by atoms with Gasteiger partial charge in [-0.3, -0.25) is 24.1 Å². The Morgan fingerprint density at radius 1 is 0.943 bits per heavy atom. The smallest absolute Gasteiger partial charge is 0.335 e. The lowest BCUT2D eigenvalue weighted by Crippen LogP contribution is -2.63. The number of hydrogen-bond acceptors (Lipinski definition) is 8. The van der Waals surface area contributed by atoms with E-state index in [1.807, 2.05) is 58.0 Å². The predicted octanol–water partition coefficient (Wildman–Crippen LogP) is 4.43. The van der Waals surface area contributed by atoms with E-state index < -0.39 is 65.7 Å². The Bertz CT molecular complexity index is 1570. The summed E-state index contributed by atoms with van der Waals surface area (Å²) in [6, 6.07) is 10.00. The molecule has 4 amide bonds. The van der Waals surface area contributed by atoms with E-state index in [1.54, 1.807) is 12.1 Å². The van der Waals surface area contributed by atoms with Crippen molar-refractivity contribution in [3.8, 4) is 5.75 Å². The van der Waals surface area contributed by atoms with Crippen LogP contribution in [0.4, 0.5) is 0 Å². The molecule has 2 unspecified atom stereocenters. The van der Waals surface area contributed by atoms with Gasteiger partial charge in [0.15, 0.2) is 0 Å². The fraction of sp³-hybridized carbons (Fsp3) is 0.585. The summed E-state index contributed by atoms with van der Waals surface area (Å²) in [4.78, 5) is 68.9. The van der Waals surface area contributed by atoms with Crippen molar-refractivity contribution in [2.24, 2.45) is 29.4 Å². The van der Waals surface area contributed by atoms with Gasteiger partial charge < -0.3 is 31.3 Å². The summed E-state index contributed by atoms with van der Waals surface area (Å²) in [5.74, 6) is -4.55. The number of aliphatic hydroxyl groups excluding tert-OH is 1. The molecule has 2 aromatic rings. The molecule has 4 rings (SSSR count). The number of hydrogen-bond donors (Lipinski definition) is 5. The van der Waals surface area contributed by atoms with Crippen molar-refractivity contribution < 1.29 is 38.9 Å². The average Bonchev–Trinajstić information content (AvgIpc) is 3.54. The van der Waals surface area contributed by atoms with Gasteiger partial charge >= 0.3 is 5.97 Å². The van der Waals surface area contributed by atoms with Crippen molar-refractivity contribution in [2.75, 3.05) is 13.2 Å². The molecule has 12 nitrogen and oxygen atoms in total. The van der Waals surface area contributed by atoms with E-state index in [-0.39, 0.29) is 49.3 Å². The van der Waals surface area contributed by atoms with E-state index in [2.05, 4.69) is 10.6 Å². The summed E-state index contributed by atoms with van der Waals surface area (Å²) in [6.07, 6.45) is 4.28. The fourth-order valence-electron chi connectivity index (χ4n) is 7.73. The second kappa shape index (κ2) is 19.2. The molecule has 2 aromatic carbocycles. The normalized spacial score (nSPS) is 18.6. The molecule has 1 heterocycles. The lowest BCUT2D eigenvalue weighted by atomic mass is 9.72. The van der Waals surface area contributed by atoms with Crippen LogP contribution in [0.15, 0.2) is 48.5 Å². The summed E-state index contributed by atoms with van der Waals surface area (Å²) >= 11 is 0. The minimum Gasteiger partial charge on any atom is -0.493 e. The third-order valence-electron chi connectivity index (χ3n) is 10.4. The van der Waals surface area contributed by atoms with Gasteiger partial charge in [0, 0.05) is 24.9 Å². The van der Waals surface area contributed by atoms with Crippen LogP contribution in [0.3, 0.4) is 0 Å². The number of rotatable bonds is 17. The number of carboxylic acid groups (broad SMARTS) is 1. The zero-order valence-electron chi connectivity index (χ0n) is 31.8. The quantitative estimate of drug-likeness (QED) is 0.157. The van der Waals surface area contributed by atoms with Gasteiger partial charge in [0.05, 0.1) is 24.3 Å². The molecule has 6 atom stereocenters. The molecule has 1 fully saturated rings. The molecule has 0 bridgehead atoms. The molecule has 1 saturated carbocycles. The number of nitrogens with one attached hydrogen (secondary N) is 2. The van der Waals surface area contributed by atoms with Crippen molar-refractivity contribution in [1.29, 1.82) is 0 Å². The van der Waals surface area contributed by atoms with Crippen LogP contribution < -0.4 is 21.1 Å². The summed E-state index contributed by atoms with van der Waals surface area (Å²) < 4.78 is 6.02. The first-order valence-corrected chi connectivity index (χ1v) is 19.1. The van der Waals surface area contributed by atoms with E-state index >= 15 is 0 Å². The van der Waals surface area contributed by atoms with Gasteiger partial charge in [-0.1, -0.05) is 90.1 Å². The van der Waals surface area contributed by atoms with Crippen molar-refractivity contribution >= 4 is 29.6 Å². The van der Waals surface area contributed by atoms with E-state index in [0.29, 0.717) is 17.7 Å². The van der Waals surface area contributed by atoms with Gasteiger partial charge in [0.1, 0.15) is 17.8 Å². The number of aromatic carboxylic acids is 1. The van der Waals surface area contributed by atoms with Gasteiger partial charge in [-0.2, -0.15) is 0 Å². The minimum atomic E-state index is -1.65. The first-order valence-electron chi connectivity index (χ1n) is 19.1. The molecule has 290 valence electrons. The molecule has 53 heavy (non-hydrogen) atoms. The number of aliphatic hydroxyl groups is 1. The Labute approximate surface area is 313 Å². The number of ether oxygens (including phenoxy) is 1. The maximum atomic E-state index is 14.6. The van der Waals surface area contributed by atoms with Crippen LogP contribution >= 0.6 is 0 Å². The summed E-state index contributed by atoms with van der Waals surface area (Å²) in [6.45, 7) is 9.10. The SMILES string of the molecule is CC(=O)N(C(=O)[C@H](CC(C)C)NC(=O)C(N)Cc1ccccc1)[C@H](C(=O)NCC(C)C)[C@@H](O)[C@@H](CC1CCCCC1)C1COc2ccc(C(=O)O)cc21. The van der Waals surface area contributed by atoms with Gasteiger partial charge in [-0.25, -0.2) is 4.79 Å². The second-order valence-corrected chi connectivity index (χ2v) is 15.7. The molecule has 2 aliphatic rings. The predicted molar refractivity (Wildman–Crippen MR) is 201 cm³/mol. The topological polar surface area (TPSA) is 188 Å². The lowest BCUT2D eigenvalue weighted by molar-refractivity contribution is -0.159. The highest BCUT2D eigenvalue weighted by Gasteiger charge is 2.48. The number of carbonyl (C=O) groups is 5. The number of fused-ring (bicyclic) bond motifs is 1. The van der Waals surface area contributed by atoms with Gasteiger partial charge in [-0.05, 0) is 66.7 Å². The minimum absolute atomic E-state index is 0.0277. The number of benzene rings is 2. The number of amides is 4. The largest absolute Gasteiger partial charge is 0.493 e. The zero-order valence-corrected chi connectivity index (χ0v) is 31.8. The number of nitrogens with two attached hydrogens (primary N) is 1. The molecule has 12 heteroatoms. The molecule has 1 aliphatic carbocycles. The lowest BCUT2D eigenvalue weighted by Gasteiger charge is -2.40. The Morgan fingerprint density at radius 2 is 1.62 bits per heavy atom. The van der Waals surface area contributed by atoms with Crippen LogP contribution in [0.1, 0.15) is 107 Å². The Morgan fingerprint density at radius 3 is 2.23 bits per heavy atom. The van der Waals surface area contributed by atoms with Crippen molar-refractivity contribution in [2.45, 2.75) is 116 Å². The Balaban J connectivity index is 1.75. The molecule has 0 spiro atoms. The monoisotopic (exact) mass is 734 g/mol. The average molecular weight is 735 g/mol. The van der Waals surface area contributed by atoms with E-state index in [9.17, 15) is 34.2 Å². The van der Waals surface area contributed by atoms with Crippen molar-refractivity contribution in [3.05, 3.63) is 65.2 Å². The summed E-state index contributed by atoms with van der Waals surface area (Å²) in [5.41, 5.74) is 7.81. The molecule has 0 radical (unpaired) electrons. The standard InChI is InChI=1S/C41H58N4O8/c1-24(2)18-34(44-38(48)33(42)20-28-14-10-7-11-15-28)40(50)45(26(5)46)36(39(49)43-22-25(3)4)37(47)31(19-27-12-8-6-9-13-27)32-23-53-35-17-16-29(41(51)52)21-30(32)35/h7,10-11,14-17,21,24-25,27,31-34,36-37,47H,6,8-9,12-13,18-20,22-23,42H2,1-5H3,(H,43,49)(H,44,48)(H,51,52)/t31-,32?,33?,34-,36-,37-/m0/s1. The molecular formula is C41H58N4O8. The van der Waals surface area contributed by atoms with Crippen LogP contribution in [0.5, 0.6) is 5.75 Å². The third kappa shape index (κ3) is 11.1. The maximum absolute atomic E-state index is 14.6. The maximum Gasteiger partial charge on any atom is 0.335 e. The van der Waals surface area contributed by atoms with Crippen molar-refractivity contribution in [1.82, 2.24) is 15.5 Å². The van der Waals surface area contributed by atoms with E-state index in [4.69, 9.17) is 10.5 Å². The summed E-state index contributed by atoms with van der Waals surface area (Å²) in [7, 11) is 0. The molecule has 1 aliphatic heterocycles. The van der Waals surface area contributed by atoms with Gasteiger partial charge in [-0.15, -0.1) is 0 Å². The van der Waals surface area contributed by atoms with Gasteiger partial charge in [0.2, 0.25) is 17.7 Å². The van der Waals surface area contributed by atoms with Crippen LogP contribution in [-0.4, -0.2) is 82.1 Å². The molecular weight excluding hydrogens is 676 g/mol. The van der Waals surface area contributed by atoms with Crippen LogP contribution in [0.2, 0.25) is 0 Å². The number of carboxylic acids is 1. The summed E-state index contributed by atoms with van der Waals surface area (Å²) in [5, 5.41) is 28.0. The van der Waals surface area contributed by atoms with E-state index in [1.165, 1.54) is 13.0 Å². The van der Waals surface area contributed by atoms with Crippen LogP contribution in [0.25, 0.3) is 0 Å². The number of carbonyl (C=O) groups excluding carboxylic acids is 4. The molecule has 6 N–H and O–H groups in total. The highest BCUT2D eigenvalue weighted by atomic mass is 16.5. The first kappa shape index (κ1) is 41.5. The Hall–Kier alpha value is -4.29. The van der Waals surface area contributed by atoms with Gasteiger partial charge in [0.25, 0.3) is 5.91 Å². The Kier molecular flexibility index (Phi) is 15.0. The molecule has 0 aromatic heterocycles. The number of imide groups is 1. The second-order valence-electron chi connectivity index (χ2n) is 15.7. The highest BCUT2D eigenvalue weighted by molar-refractivity contribution is 6.03. The molecule has 0 saturated heterocycles. The van der Waals surface area contributed by atoms with Crippen LogP contribution in [-0.2, 0) is 25.6 Å². The third-order valence-corrected chi connectivity index (χ3v) is 10.4. The first-order chi connectivity index (χ1) is 25.2. The van der Waals surface area contributed by atoms with Crippen LogP contribution in [0, 0.1) is 23.7 Å².